The summed E-state index contributed by atoms with van der Waals surface area (Å²) < 4.78 is 15.5. The summed E-state index contributed by atoms with van der Waals surface area (Å²) in [6.45, 7) is 4.48. The fourth-order valence-electron chi connectivity index (χ4n) is 3.79. The number of hydrogen-bond acceptors (Lipinski definition) is 4. The van der Waals surface area contributed by atoms with E-state index in [0.29, 0.717) is 12.3 Å². The maximum atomic E-state index is 13.7. The third-order valence-corrected chi connectivity index (χ3v) is 5.56. The number of aromatic nitrogens is 3. The quantitative estimate of drug-likeness (QED) is 0.664. The van der Waals surface area contributed by atoms with Crippen molar-refractivity contribution >= 4 is 5.91 Å². The number of aryl methyl sites for hydroxylation is 1. The van der Waals surface area contributed by atoms with Crippen molar-refractivity contribution in [3.8, 4) is 0 Å². The molecule has 2 aromatic rings. The summed E-state index contributed by atoms with van der Waals surface area (Å²) in [6.07, 6.45) is 7.44. The lowest BCUT2D eigenvalue weighted by molar-refractivity contribution is -0.130. The Bertz CT molecular complexity index is 728. The fourth-order valence-corrected chi connectivity index (χ4v) is 3.79. The topological polar surface area (TPSA) is 54.3 Å². The average Bonchev–Trinajstić information content (AvgIpc) is 3.22. The van der Waals surface area contributed by atoms with Gasteiger partial charge in [-0.05, 0) is 56.3 Å². The molecule has 0 radical (unpaired) electrons. The van der Waals surface area contributed by atoms with Crippen LogP contribution in [-0.4, -0.2) is 63.7 Å². The first kappa shape index (κ1) is 20.5. The maximum absolute atomic E-state index is 13.7. The standard InChI is InChI=1S/C21H30FN5O/c1-25(21(28)7-4-11-27-17-23-16-24-27)15-18-8-12-26(13-9-18)14-10-19-5-2-3-6-20(19)22/h2-3,5-6,16-18H,4,7-15H2,1H3. The van der Waals surface area contributed by atoms with Gasteiger partial charge < -0.3 is 9.80 Å². The summed E-state index contributed by atoms with van der Waals surface area (Å²) in [7, 11) is 1.91. The second-order valence-electron chi connectivity index (χ2n) is 7.66. The van der Waals surface area contributed by atoms with Gasteiger partial charge in [-0.2, -0.15) is 5.10 Å². The third-order valence-electron chi connectivity index (χ3n) is 5.56. The van der Waals surface area contributed by atoms with Crippen molar-refractivity contribution in [2.75, 3.05) is 33.2 Å². The summed E-state index contributed by atoms with van der Waals surface area (Å²) >= 11 is 0. The zero-order chi connectivity index (χ0) is 19.8. The molecular weight excluding hydrogens is 357 g/mol. The Hall–Kier alpha value is -2.28. The van der Waals surface area contributed by atoms with Gasteiger partial charge in [-0.15, -0.1) is 0 Å². The van der Waals surface area contributed by atoms with Gasteiger partial charge in [0.2, 0.25) is 5.91 Å². The largest absolute Gasteiger partial charge is 0.345 e. The minimum Gasteiger partial charge on any atom is -0.345 e. The molecule has 1 aromatic heterocycles. The van der Waals surface area contributed by atoms with Crippen LogP contribution in [0, 0.1) is 11.7 Å². The molecule has 0 atom stereocenters. The van der Waals surface area contributed by atoms with Gasteiger partial charge in [0.25, 0.3) is 0 Å². The number of carbonyl (C=O) groups excluding carboxylic acids is 1. The predicted octanol–water partition coefficient (Wildman–Crippen LogP) is 2.61. The van der Waals surface area contributed by atoms with Crippen molar-refractivity contribution < 1.29 is 9.18 Å². The lowest BCUT2D eigenvalue weighted by Crippen LogP contribution is -2.40. The molecule has 0 aliphatic carbocycles. The van der Waals surface area contributed by atoms with Crippen LogP contribution in [-0.2, 0) is 17.8 Å². The van der Waals surface area contributed by atoms with Crippen LogP contribution in [0.2, 0.25) is 0 Å². The van der Waals surface area contributed by atoms with Gasteiger partial charge in [0.15, 0.2) is 0 Å². The van der Waals surface area contributed by atoms with Crippen LogP contribution in [0.3, 0.4) is 0 Å². The number of likely N-dealkylation sites (tertiary alicyclic amines) is 1. The highest BCUT2D eigenvalue weighted by atomic mass is 19.1. The number of piperidine rings is 1. The number of hydrogen-bond donors (Lipinski definition) is 0. The Labute approximate surface area is 166 Å². The molecule has 0 bridgehead atoms. The first-order valence-corrected chi connectivity index (χ1v) is 10.1. The van der Waals surface area contributed by atoms with Crippen LogP contribution in [0.25, 0.3) is 0 Å². The Morgan fingerprint density at radius 1 is 1.25 bits per heavy atom. The first-order valence-electron chi connectivity index (χ1n) is 10.1. The van der Waals surface area contributed by atoms with E-state index in [2.05, 4.69) is 15.0 Å². The molecule has 0 unspecified atom stereocenters. The molecule has 1 saturated heterocycles. The summed E-state index contributed by atoms with van der Waals surface area (Å²) in [5.74, 6) is 0.636. The monoisotopic (exact) mass is 387 g/mol. The Balaban J connectivity index is 1.32. The van der Waals surface area contributed by atoms with Crippen LogP contribution in [0.4, 0.5) is 4.39 Å². The molecule has 0 spiro atoms. The van der Waals surface area contributed by atoms with Crippen molar-refractivity contribution in [1.82, 2.24) is 24.6 Å². The van der Waals surface area contributed by atoms with E-state index in [4.69, 9.17) is 0 Å². The highest BCUT2D eigenvalue weighted by Gasteiger charge is 2.22. The van der Waals surface area contributed by atoms with Crippen molar-refractivity contribution in [3.63, 3.8) is 0 Å². The molecular formula is C21H30FN5O. The highest BCUT2D eigenvalue weighted by molar-refractivity contribution is 5.75. The van der Waals surface area contributed by atoms with E-state index in [9.17, 15) is 9.18 Å². The number of rotatable bonds is 9. The lowest BCUT2D eigenvalue weighted by Gasteiger charge is -2.34. The molecule has 0 saturated carbocycles. The van der Waals surface area contributed by atoms with Gasteiger partial charge in [-0.3, -0.25) is 9.48 Å². The summed E-state index contributed by atoms with van der Waals surface area (Å²) in [4.78, 5) is 20.5. The second-order valence-corrected chi connectivity index (χ2v) is 7.66. The highest BCUT2D eigenvalue weighted by Crippen LogP contribution is 2.19. The predicted molar refractivity (Wildman–Crippen MR) is 106 cm³/mol. The number of amides is 1. The number of carbonyl (C=O) groups is 1. The van der Waals surface area contributed by atoms with Crippen molar-refractivity contribution in [2.45, 2.75) is 38.6 Å². The summed E-state index contributed by atoms with van der Waals surface area (Å²) in [6, 6.07) is 7.02. The van der Waals surface area contributed by atoms with Gasteiger partial charge in [0.05, 0.1) is 0 Å². The molecule has 6 nitrogen and oxygen atoms in total. The lowest BCUT2D eigenvalue weighted by atomic mass is 9.96. The summed E-state index contributed by atoms with van der Waals surface area (Å²) in [5, 5.41) is 4.05. The number of nitrogens with zero attached hydrogens (tertiary/aromatic N) is 5. The number of halogens is 1. The molecule has 152 valence electrons. The van der Waals surface area contributed by atoms with E-state index in [1.807, 2.05) is 24.1 Å². The fraction of sp³-hybridized carbons (Fsp3) is 0.571. The molecule has 28 heavy (non-hydrogen) atoms. The van der Waals surface area contributed by atoms with Crippen molar-refractivity contribution in [1.29, 1.82) is 0 Å². The van der Waals surface area contributed by atoms with E-state index in [1.165, 1.54) is 12.4 Å². The van der Waals surface area contributed by atoms with Gasteiger partial charge in [0.1, 0.15) is 18.5 Å². The SMILES string of the molecule is CN(CC1CCN(CCc2ccccc2F)CC1)C(=O)CCCn1cncn1. The molecule has 0 N–H and O–H groups in total. The maximum Gasteiger partial charge on any atom is 0.222 e. The van der Waals surface area contributed by atoms with Crippen LogP contribution in [0.15, 0.2) is 36.9 Å². The Morgan fingerprint density at radius 2 is 2.04 bits per heavy atom. The zero-order valence-electron chi connectivity index (χ0n) is 16.6. The third kappa shape index (κ3) is 6.12. The Morgan fingerprint density at radius 3 is 2.75 bits per heavy atom. The molecule has 1 aromatic carbocycles. The molecule has 7 heteroatoms. The van der Waals surface area contributed by atoms with E-state index < -0.39 is 0 Å². The molecule has 1 aliphatic rings. The van der Waals surface area contributed by atoms with Crippen molar-refractivity contribution in [2.24, 2.45) is 5.92 Å². The molecule has 2 heterocycles. The smallest absolute Gasteiger partial charge is 0.222 e. The molecule has 1 aliphatic heterocycles. The van der Waals surface area contributed by atoms with E-state index >= 15 is 0 Å². The van der Waals surface area contributed by atoms with Crippen LogP contribution >= 0.6 is 0 Å². The van der Waals surface area contributed by atoms with Gasteiger partial charge >= 0.3 is 0 Å². The minimum absolute atomic E-state index is 0.110. The molecule has 1 amide bonds. The molecule has 3 rings (SSSR count). The zero-order valence-corrected chi connectivity index (χ0v) is 16.6. The van der Waals surface area contributed by atoms with Crippen molar-refractivity contribution in [3.05, 3.63) is 48.3 Å². The van der Waals surface area contributed by atoms with Gasteiger partial charge in [-0.25, -0.2) is 9.37 Å². The summed E-state index contributed by atoms with van der Waals surface area (Å²) in [5.41, 5.74) is 0.792. The van der Waals surface area contributed by atoms with Gasteiger partial charge in [-0.1, -0.05) is 18.2 Å². The van der Waals surface area contributed by atoms with Gasteiger partial charge in [0, 0.05) is 33.1 Å². The normalized spacial score (nSPS) is 15.6. The van der Waals surface area contributed by atoms with Crippen LogP contribution in [0.1, 0.15) is 31.2 Å². The second kappa shape index (κ2) is 10.3. The van der Waals surface area contributed by atoms with E-state index in [1.54, 1.807) is 17.1 Å². The molecule has 1 fully saturated rings. The average molecular weight is 388 g/mol. The first-order chi connectivity index (χ1) is 13.6. The van der Waals surface area contributed by atoms with E-state index in [-0.39, 0.29) is 11.7 Å². The van der Waals surface area contributed by atoms with Crippen LogP contribution in [0.5, 0.6) is 0 Å². The van der Waals surface area contributed by atoms with Crippen LogP contribution < -0.4 is 0 Å². The minimum atomic E-state index is -0.110. The number of benzene rings is 1. The van der Waals surface area contributed by atoms with E-state index in [0.717, 1.165) is 64.0 Å². The Kier molecular flexibility index (Phi) is 7.54.